The zero-order valence-corrected chi connectivity index (χ0v) is 13.7. The minimum atomic E-state index is 0.575. The van der Waals surface area contributed by atoms with Crippen molar-refractivity contribution in [1.82, 2.24) is 4.90 Å². The lowest BCUT2D eigenvalue weighted by Crippen LogP contribution is -2.26. The molecule has 3 heteroatoms. The summed E-state index contributed by atoms with van der Waals surface area (Å²) in [6.45, 7) is 7.87. The summed E-state index contributed by atoms with van der Waals surface area (Å²) in [4.78, 5) is 3.14. The van der Waals surface area contributed by atoms with Crippen LogP contribution in [0.5, 0.6) is 0 Å². The summed E-state index contributed by atoms with van der Waals surface area (Å²) < 4.78 is 0. The molecule has 2 nitrogen and oxygen atoms in total. The highest BCUT2D eigenvalue weighted by molar-refractivity contribution is 7.80. The molecule has 1 aromatic carbocycles. The lowest BCUT2D eigenvalue weighted by atomic mass is 10.0. The van der Waals surface area contributed by atoms with Crippen LogP contribution in [0.25, 0.3) is 0 Å². The summed E-state index contributed by atoms with van der Waals surface area (Å²) in [6, 6.07) is 8.53. The average Bonchev–Trinajstić information content (AvgIpc) is 2.43. The molecule has 0 saturated carbocycles. The highest BCUT2D eigenvalue weighted by Gasteiger charge is 2.09. The van der Waals surface area contributed by atoms with Crippen LogP contribution in [0.2, 0.25) is 0 Å². The number of nitrogens with zero attached hydrogens (tertiary/aromatic N) is 1. The van der Waals surface area contributed by atoms with Gasteiger partial charge < -0.3 is 5.73 Å². The van der Waals surface area contributed by atoms with Crippen LogP contribution in [0, 0.1) is 0 Å². The van der Waals surface area contributed by atoms with E-state index in [1.165, 1.54) is 49.9 Å². The Balaban J connectivity index is 2.72. The number of hydrogen-bond acceptors (Lipinski definition) is 2. The smallest absolute Gasteiger partial charge is 0.0771 e. The molecule has 0 amide bonds. The lowest BCUT2D eigenvalue weighted by molar-refractivity contribution is 0.256. The highest BCUT2D eigenvalue weighted by Crippen LogP contribution is 2.14. The Hall–Kier alpha value is -0.930. The quantitative estimate of drug-likeness (QED) is 0.663. The second kappa shape index (κ2) is 9.89. The first kappa shape index (κ1) is 17.1. The van der Waals surface area contributed by atoms with Crippen molar-refractivity contribution in [2.45, 2.75) is 52.5 Å². The Morgan fingerprint density at radius 1 is 1.05 bits per heavy atom. The molecule has 0 aliphatic rings. The lowest BCUT2D eigenvalue weighted by Gasteiger charge is -2.23. The Kier molecular flexibility index (Phi) is 8.47. The van der Waals surface area contributed by atoms with E-state index in [1.807, 2.05) is 0 Å². The van der Waals surface area contributed by atoms with Crippen LogP contribution in [0.15, 0.2) is 24.3 Å². The topological polar surface area (TPSA) is 29.3 Å². The zero-order valence-electron chi connectivity index (χ0n) is 12.9. The van der Waals surface area contributed by atoms with Gasteiger partial charge in [0, 0.05) is 13.0 Å². The molecular formula is C17H28N2S. The second-order valence-electron chi connectivity index (χ2n) is 5.40. The van der Waals surface area contributed by atoms with Crippen molar-refractivity contribution in [3.8, 4) is 0 Å². The van der Waals surface area contributed by atoms with Crippen LogP contribution in [0.1, 0.15) is 50.7 Å². The van der Waals surface area contributed by atoms with Crippen molar-refractivity contribution in [2.75, 3.05) is 13.1 Å². The molecule has 1 rings (SSSR count). The van der Waals surface area contributed by atoms with Crippen molar-refractivity contribution in [2.24, 2.45) is 5.73 Å². The van der Waals surface area contributed by atoms with Crippen LogP contribution in [0.3, 0.4) is 0 Å². The number of unbranched alkanes of at least 4 members (excludes halogenated alkanes) is 2. The van der Waals surface area contributed by atoms with E-state index in [9.17, 15) is 0 Å². The summed E-state index contributed by atoms with van der Waals surface area (Å²) in [5.41, 5.74) is 8.35. The van der Waals surface area contributed by atoms with Crippen LogP contribution >= 0.6 is 12.2 Å². The van der Waals surface area contributed by atoms with E-state index in [0.717, 1.165) is 6.54 Å². The summed E-state index contributed by atoms with van der Waals surface area (Å²) in [5.74, 6) is 0. The van der Waals surface area contributed by atoms with Gasteiger partial charge in [-0.15, -0.1) is 0 Å². The highest BCUT2D eigenvalue weighted by atomic mass is 32.1. The van der Waals surface area contributed by atoms with Crippen LogP contribution in [-0.4, -0.2) is 23.0 Å². The van der Waals surface area contributed by atoms with Gasteiger partial charge in [0.2, 0.25) is 0 Å². The third-order valence-corrected chi connectivity index (χ3v) is 3.68. The van der Waals surface area contributed by atoms with Crippen molar-refractivity contribution in [3.05, 3.63) is 35.4 Å². The standard InChI is InChI=1S/C17H28N2S/c1-3-5-11-19(12-6-4-2)14-16-10-8-7-9-15(16)13-17(18)20/h7-10H,3-6,11-14H2,1-2H3,(H2,18,20). The number of nitrogens with two attached hydrogens (primary N) is 1. The number of hydrogen-bond donors (Lipinski definition) is 1. The van der Waals surface area contributed by atoms with Gasteiger partial charge in [-0.1, -0.05) is 63.2 Å². The minimum absolute atomic E-state index is 0.575. The molecule has 112 valence electrons. The fraction of sp³-hybridized carbons (Fsp3) is 0.588. The molecule has 0 saturated heterocycles. The van der Waals surface area contributed by atoms with Crippen LogP contribution < -0.4 is 5.73 Å². The van der Waals surface area contributed by atoms with Crippen molar-refractivity contribution < 1.29 is 0 Å². The number of thiocarbonyl (C=S) groups is 1. The third kappa shape index (κ3) is 6.49. The van der Waals surface area contributed by atoms with Crippen molar-refractivity contribution >= 4 is 17.2 Å². The summed E-state index contributed by atoms with van der Waals surface area (Å²) >= 11 is 5.05. The first-order valence-corrected chi connectivity index (χ1v) is 8.15. The van der Waals surface area contributed by atoms with E-state index >= 15 is 0 Å². The third-order valence-electron chi connectivity index (χ3n) is 3.53. The molecule has 20 heavy (non-hydrogen) atoms. The fourth-order valence-corrected chi connectivity index (χ4v) is 2.50. The summed E-state index contributed by atoms with van der Waals surface area (Å²) in [5, 5.41) is 0. The first-order chi connectivity index (χ1) is 9.67. The molecule has 0 bridgehead atoms. The molecular weight excluding hydrogens is 264 g/mol. The van der Waals surface area contributed by atoms with Gasteiger partial charge in [-0.2, -0.15) is 0 Å². The maximum atomic E-state index is 5.70. The van der Waals surface area contributed by atoms with E-state index in [1.54, 1.807) is 0 Å². The first-order valence-electron chi connectivity index (χ1n) is 7.74. The summed E-state index contributed by atoms with van der Waals surface area (Å²) in [6.07, 6.45) is 5.73. The number of benzene rings is 1. The van der Waals surface area contributed by atoms with Gasteiger partial charge in [-0.25, -0.2) is 0 Å². The Labute approximate surface area is 129 Å². The molecule has 0 aliphatic heterocycles. The minimum Gasteiger partial charge on any atom is -0.393 e. The van der Waals surface area contributed by atoms with E-state index in [0.29, 0.717) is 11.4 Å². The van der Waals surface area contributed by atoms with Crippen LogP contribution in [-0.2, 0) is 13.0 Å². The normalized spacial score (nSPS) is 10.9. The SMILES string of the molecule is CCCCN(CCCC)Cc1ccccc1CC(N)=S. The Morgan fingerprint density at radius 2 is 1.60 bits per heavy atom. The molecule has 2 N–H and O–H groups in total. The van der Waals surface area contributed by atoms with E-state index < -0.39 is 0 Å². The van der Waals surface area contributed by atoms with E-state index in [-0.39, 0.29) is 0 Å². The molecule has 0 aliphatic carbocycles. The zero-order chi connectivity index (χ0) is 14.8. The molecule has 1 aromatic rings. The van der Waals surface area contributed by atoms with E-state index in [4.69, 9.17) is 18.0 Å². The predicted octanol–water partition coefficient (Wildman–Crippen LogP) is 3.92. The molecule has 0 aromatic heterocycles. The fourth-order valence-electron chi connectivity index (χ4n) is 2.35. The van der Waals surface area contributed by atoms with Crippen molar-refractivity contribution in [3.63, 3.8) is 0 Å². The van der Waals surface area contributed by atoms with Gasteiger partial charge in [0.05, 0.1) is 4.99 Å². The van der Waals surface area contributed by atoms with Gasteiger partial charge >= 0.3 is 0 Å². The molecule has 0 spiro atoms. The van der Waals surface area contributed by atoms with Gasteiger partial charge in [-0.05, 0) is 37.1 Å². The van der Waals surface area contributed by atoms with Crippen LogP contribution in [0.4, 0.5) is 0 Å². The molecule has 0 unspecified atom stereocenters. The number of rotatable bonds is 10. The molecule has 0 fully saturated rings. The van der Waals surface area contributed by atoms with Gasteiger partial charge in [0.15, 0.2) is 0 Å². The largest absolute Gasteiger partial charge is 0.393 e. The monoisotopic (exact) mass is 292 g/mol. The second-order valence-corrected chi connectivity index (χ2v) is 5.92. The van der Waals surface area contributed by atoms with Gasteiger partial charge in [-0.3, -0.25) is 4.90 Å². The molecule has 0 atom stereocenters. The maximum absolute atomic E-state index is 5.70. The average molecular weight is 292 g/mol. The van der Waals surface area contributed by atoms with Crippen molar-refractivity contribution in [1.29, 1.82) is 0 Å². The van der Waals surface area contributed by atoms with Gasteiger partial charge in [0.25, 0.3) is 0 Å². The maximum Gasteiger partial charge on any atom is 0.0771 e. The van der Waals surface area contributed by atoms with Gasteiger partial charge in [0.1, 0.15) is 0 Å². The van der Waals surface area contributed by atoms with E-state index in [2.05, 4.69) is 43.0 Å². The molecule has 0 radical (unpaired) electrons. The Morgan fingerprint density at radius 3 is 2.10 bits per heavy atom. The summed E-state index contributed by atoms with van der Waals surface area (Å²) in [7, 11) is 0. The molecule has 0 heterocycles. The Bertz CT molecular complexity index is 396. The predicted molar refractivity (Wildman–Crippen MR) is 92.0 cm³/mol.